The summed E-state index contributed by atoms with van der Waals surface area (Å²) < 4.78 is 31.3. The molecule has 2 aromatic carbocycles. The lowest BCUT2D eigenvalue weighted by Gasteiger charge is -2.55. The molecular formula is C48H61N3O9Si. The fraction of sp³-hybridized carbons (Fsp3) is 0.500. The summed E-state index contributed by atoms with van der Waals surface area (Å²) in [6, 6.07) is 12.7. The Morgan fingerprint density at radius 3 is 2.36 bits per heavy atom. The molecule has 3 aliphatic carbocycles. The molecule has 61 heavy (non-hydrogen) atoms. The summed E-state index contributed by atoms with van der Waals surface area (Å²) in [5.41, 5.74) is -0.130. The van der Waals surface area contributed by atoms with Crippen molar-refractivity contribution in [1.82, 2.24) is 15.0 Å². The molecule has 2 unspecified atom stereocenters. The Hall–Kier alpha value is -4.82. The van der Waals surface area contributed by atoms with E-state index in [4.69, 9.17) is 23.2 Å². The number of fused-ring (bicyclic) bond motifs is 4. The summed E-state index contributed by atoms with van der Waals surface area (Å²) in [5, 5.41) is 17.1. The molecule has 4 aliphatic rings. The van der Waals surface area contributed by atoms with Crippen molar-refractivity contribution >= 4 is 26.0 Å². The highest BCUT2D eigenvalue weighted by Crippen LogP contribution is 2.60. The van der Waals surface area contributed by atoms with E-state index in [1.807, 2.05) is 49.5 Å². The molecule has 3 aromatic rings. The van der Waals surface area contributed by atoms with E-state index in [9.17, 15) is 9.90 Å². The van der Waals surface area contributed by atoms with Crippen molar-refractivity contribution in [2.75, 3.05) is 26.7 Å². The highest BCUT2D eigenvalue weighted by Gasteiger charge is 2.67. The Morgan fingerprint density at radius 1 is 1.07 bits per heavy atom. The maximum Gasteiger partial charge on any atom is 0.514 e. The first kappa shape index (κ1) is 44.2. The molecule has 0 spiro atoms. The van der Waals surface area contributed by atoms with Crippen molar-refractivity contribution in [3.05, 3.63) is 113 Å². The van der Waals surface area contributed by atoms with Gasteiger partial charge in [-0.05, 0) is 112 Å². The third-order valence-electron chi connectivity index (χ3n) is 13.2. The maximum atomic E-state index is 15.8. The van der Waals surface area contributed by atoms with E-state index in [1.54, 1.807) is 39.0 Å². The number of rotatable bonds is 12. The van der Waals surface area contributed by atoms with Gasteiger partial charge in [0.1, 0.15) is 29.3 Å². The van der Waals surface area contributed by atoms with Crippen LogP contribution in [0.1, 0.15) is 116 Å². The van der Waals surface area contributed by atoms with Gasteiger partial charge in [-0.1, -0.05) is 69.3 Å². The van der Waals surface area contributed by atoms with Crippen LogP contribution in [0.4, 0.5) is 4.79 Å². The second-order valence-electron chi connectivity index (χ2n) is 19.5. The molecule has 1 saturated heterocycles. The minimum absolute atomic E-state index is 0.0274. The van der Waals surface area contributed by atoms with Crippen LogP contribution in [0.25, 0.3) is 0 Å². The maximum absolute atomic E-state index is 15.8. The highest BCUT2D eigenvalue weighted by atomic mass is 28.4. The van der Waals surface area contributed by atoms with Gasteiger partial charge >= 0.3 is 6.16 Å². The van der Waals surface area contributed by atoms with E-state index in [2.05, 4.69) is 55.9 Å². The average molecular weight is 852 g/mol. The van der Waals surface area contributed by atoms with E-state index >= 15 is 9.59 Å². The summed E-state index contributed by atoms with van der Waals surface area (Å²) >= 11 is 0. The Morgan fingerprint density at radius 2 is 1.75 bits per heavy atom. The SMILES string of the molecule is C=CCN(CC=C)[C@@H]1c2onc(OCc3ccccc3)c2C(=O)C2(O[Si](C)(C)C(C)(C)C)C(O)=C3C(=O)c4c(cc(C5CCCN5C)cc4OC(=O)OC(C)(C)C)C[C@H]3C[C@@H]12. The largest absolute Gasteiger partial charge is 0.514 e. The van der Waals surface area contributed by atoms with Gasteiger partial charge in [0.25, 0.3) is 5.88 Å². The molecule has 1 N–H and O–H groups in total. The Balaban J connectivity index is 1.46. The highest BCUT2D eigenvalue weighted by molar-refractivity contribution is 6.74. The Kier molecular flexibility index (Phi) is 11.9. The minimum atomic E-state index is -2.99. The summed E-state index contributed by atoms with van der Waals surface area (Å²) in [5.74, 6) is -2.50. The number of hydrogen-bond donors (Lipinski definition) is 1. The van der Waals surface area contributed by atoms with Crippen LogP contribution in [0.3, 0.4) is 0 Å². The lowest BCUT2D eigenvalue weighted by molar-refractivity contribution is -0.0524. The molecule has 0 amide bonds. The molecule has 0 bridgehead atoms. The second kappa shape index (κ2) is 16.5. The summed E-state index contributed by atoms with van der Waals surface area (Å²) in [4.78, 5) is 48.9. The minimum Gasteiger partial charge on any atom is -0.508 e. The lowest BCUT2D eigenvalue weighted by atomic mass is 9.58. The van der Waals surface area contributed by atoms with Gasteiger partial charge in [-0.3, -0.25) is 19.4 Å². The zero-order valence-electron chi connectivity index (χ0n) is 37.1. The predicted octanol–water partition coefficient (Wildman–Crippen LogP) is 9.89. The van der Waals surface area contributed by atoms with Crippen LogP contribution < -0.4 is 9.47 Å². The molecular weight excluding hydrogens is 791 g/mol. The van der Waals surface area contributed by atoms with Crippen molar-refractivity contribution in [2.45, 2.75) is 115 Å². The normalized spacial score (nSPS) is 24.2. The monoisotopic (exact) mass is 851 g/mol. The van der Waals surface area contributed by atoms with Gasteiger partial charge in [0.2, 0.25) is 5.78 Å². The molecule has 326 valence electrons. The van der Waals surface area contributed by atoms with Gasteiger partial charge in [-0.25, -0.2) is 4.79 Å². The summed E-state index contributed by atoms with van der Waals surface area (Å²) in [7, 11) is -0.924. The molecule has 0 saturated carbocycles. The van der Waals surface area contributed by atoms with E-state index in [0.29, 0.717) is 30.8 Å². The number of carbonyl (C=O) groups excluding carboxylic acids is 3. The van der Waals surface area contributed by atoms with Crippen molar-refractivity contribution in [2.24, 2.45) is 11.8 Å². The molecule has 7 rings (SSSR count). The Bertz CT molecular complexity index is 2240. The van der Waals surface area contributed by atoms with Crippen molar-refractivity contribution in [1.29, 1.82) is 0 Å². The van der Waals surface area contributed by atoms with Gasteiger partial charge in [0, 0.05) is 30.6 Å². The van der Waals surface area contributed by atoms with Crippen LogP contribution in [0.5, 0.6) is 11.6 Å². The second-order valence-corrected chi connectivity index (χ2v) is 24.2. The number of hydrogen-bond acceptors (Lipinski definition) is 12. The number of carbonyl (C=O) groups is 3. The van der Waals surface area contributed by atoms with Crippen molar-refractivity contribution in [3.63, 3.8) is 0 Å². The molecule has 1 aliphatic heterocycles. The van der Waals surface area contributed by atoms with Gasteiger partial charge in [-0.2, -0.15) is 0 Å². The fourth-order valence-electron chi connectivity index (χ4n) is 9.42. The van der Waals surface area contributed by atoms with Gasteiger partial charge in [-0.15, -0.1) is 13.2 Å². The number of aliphatic hydroxyl groups excluding tert-OH is 1. The number of ketones is 2. The number of ether oxygens (including phenoxy) is 3. The van der Waals surface area contributed by atoms with Gasteiger partial charge in [0.15, 0.2) is 25.5 Å². The van der Waals surface area contributed by atoms with E-state index in [-0.39, 0.29) is 47.4 Å². The van der Waals surface area contributed by atoms with Crippen molar-refractivity contribution < 1.29 is 42.6 Å². The average Bonchev–Trinajstić information content (AvgIpc) is 3.80. The van der Waals surface area contributed by atoms with Crippen LogP contribution in [-0.4, -0.2) is 84.0 Å². The van der Waals surface area contributed by atoms with E-state index in [0.717, 1.165) is 30.5 Å². The number of allylic oxidation sites excluding steroid dienone is 1. The number of Topliss-reactive ketones (excluding diaryl/α,β-unsaturated/α-hetero) is 2. The van der Waals surface area contributed by atoms with Crippen molar-refractivity contribution in [3.8, 4) is 11.6 Å². The molecule has 2 heterocycles. The number of benzene rings is 2. The molecule has 5 atom stereocenters. The summed E-state index contributed by atoms with van der Waals surface area (Å²) in [6.45, 7) is 25.3. The predicted molar refractivity (Wildman–Crippen MR) is 235 cm³/mol. The number of likely N-dealkylation sites (tertiary alicyclic amines) is 1. The van der Waals surface area contributed by atoms with Crippen LogP contribution >= 0.6 is 0 Å². The number of nitrogens with zero attached hydrogens (tertiary/aromatic N) is 3. The molecule has 12 nitrogen and oxygen atoms in total. The zero-order chi connectivity index (χ0) is 44.2. The molecule has 1 fully saturated rings. The summed E-state index contributed by atoms with van der Waals surface area (Å²) in [6.07, 6.45) is 5.12. The van der Waals surface area contributed by atoms with E-state index < -0.39 is 65.9 Å². The topological polar surface area (TPSA) is 141 Å². The quantitative estimate of drug-likeness (QED) is 0.0803. The third kappa shape index (κ3) is 8.06. The van der Waals surface area contributed by atoms with Crippen LogP contribution in [-0.2, 0) is 22.2 Å². The lowest BCUT2D eigenvalue weighted by Crippen LogP contribution is -2.65. The molecule has 13 heteroatoms. The first-order chi connectivity index (χ1) is 28.7. The fourth-order valence-corrected chi connectivity index (χ4v) is 10.9. The van der Waals surface area contributed by atoms with Gasteiger partial charge in [0.05, 0.1) is 11.6 Å². The Labute approximate surface area is 360 Å². The number of aliphatic hydroxyl groups is 1. The molecule has 1 aromatic heterocycles. The van der Waals surface area contributed by atoms with Crippen LogP contribution in [0, 0.1) is 11.8 Å². The van der Waals surface area contributed by atoms with Crippen LogP contribution in [0.2, 0.25) is 18.1 Å². The smallest absolute Gasteiger partial charge is 0.508 e. The first-order valence-electron chi connectivity index (χ1n) is 21.4. The molecule has 0 radical (unpaired) electrons. The number of aromatic nitrogens is 1. The first-order valence-corrected chi connectivity index (χ1v) is 24.3. The van der Waals surface area contributed by atoms with Crippen LogP contribution in [0.15, 0.2) is 83.6 Å². The van der Waals surface area contributed by atoms with Gasteiger partial charge < -0.3 is 28.3 Å². The standard InChI is InChI=1S/C48H61N3O9Si/c1-12-21-51(22-13-2)39-33-26-32-25-31-24-30(34-20-17-23-50(34)9)27-35(57-45(55)58-46(3,4)5)36(31)40(52)37(32)42(53)48(33,60-61(10,11)47(6,7)8)43(54)38-41(39)59-49-44(38)56-28-29-18-15-14-16-19-29/h12-16,18-19,24,27,32-34,39,53H,1-2,17,20-23,25-26,28H2,3-11H3/t32-,33-,34?,39-,48?/m0/s1. The third-order valence-corrected chi connectivity index (χ3v) is 17.6. The van der Waals surface area contributed by atoms with E-state index in [1.165, 1.54) is 0 Å². The zero-order valence-corrected chi connectivity index (χ0v) is 38.1.